The minimum Gasteiger partial charge on any atom is -0.351 e. The number of hydrogen-bond acceptors (Lipinski definition) is 5. The topological polar surface area (TPSA) is 89.1 Å². The molecule has 1 unspecified atom stereocenters. The van der Waals surface area contributed by atoms with Crippen molar-refractivity contribution >= 4 is 30.7 Å². The lowest BCUT2D eigenvalue weighted by molar-refractivity contribution is -0.123. The molecule has 3 N–H and O–H groups in total. The SMILES string of the molecule is Cc1nnc(CN(C)CC(=O)NC(CN)C2CCCCC2)n1C.Cl.Cl. The van der Waals surface area contributed by atoms with Crippen molar-refractivity contribution in [2.75, 3.05) is 20.1 Å². The molecule has 1 aliphatic carbocycles. The van der Waals surface area contributed by atoms with E-state index in [1.165, 1.54) is 32.1 Å². The van der Waals surface area contributed by atoms with Crippen LogP contribution in [0.25, 0.3) is 0 Å². The number of halogens is 2. The molecule has 2 rings (SSSR count). The average Bonchev–Trinajstić information content (AvgIpc) is 2.85. The van der Waals surface area contributed by atoms with E-state index in [2.05, 4.69) is 15.5 Å². The first kappa shape index (κ1) is 24.1. The van der Waals surface area contributed by atoms with E-state index in [1.54, 1.807) is 0 Å². The van der Waals surface area contributed by atoms with E-state index in [0.29, 0.717) is 25.6 Å². The Labute approximate surface area is 162 Å². The van der Waals surface area contributed by atoms with Gasteiger partial charge in [-0.15, -0.1) is 35.0 Å². The van der Waals surface area contributed by atoms with Gasteiger partial charge in [0.15, 0.2) is 0 Å². The number of carbonyl (C=O) groups is 1. The molecule has 7 nitrogen and oxygen atoms in total. The highest BCUT2D eigenvalue weighted by Crippen LogP contribution is 2.26. The molecule has 1 aliphatic rings. The largest absolute Gasteiger partial charge is 0.351 e. The highest BCUT2D eigenvalue weighted by Gasteiger charge is 2.24. The van der Waals surface area contributed by atoms with Gasteiger partial charge in [0.1, 0.15) is 11.6 Å². The van der Waals surface area contributed by atoms with E-state index in [0.717, 1.165) is 11.6 Å². The number of nitrogens with one attached hydrogen (secondary N) is 1. The van der Waals surface area contributed by atoms with Crippen molar-refractivity contribution < 1.29 is 4.79 Å². The van der Waals surface area contributed by atoms with Crippen LogP contribution in [0.1, 0.15) is 43.8 Å². The van der Waals surface area contributed by atoms with Crippen LogP contribution >= 0.6 is 24.8 Å². The van der Waals surface area contributed by atoms with Gasteiger partial charge < -0.3 is 15.6 Å². The molecule has 0 radical (unpaired) electrons. The summed E-state index contributed by atoms with van der Waals surface area (Å²) in [6, 6.07) is 0.105. The van der Waals surface area contributed by atoms with E-state index >= 15 is 0 Å². The van der Waals surface area contributed by atoms with E-state index in [9.17, 15) is 4.79 Å². The van der Waals surface area contributed by atoms with E-state index < -0.39 is 0 Å². The maximum Gasteiger partial charge on any atom is 0.234 e. The molecule has 1 amide bonds. The van der Waals surface area contributed by atoms with Crippen LogP contribution in [0.4, 0.5) is 0 Å². The summed E-state index contributed by atoms with van der Waals surface area (Å²) >= 11 is 0. The third kappa shape index (κ3) is 7.09. The molecule has 0 spiro atoms. The molecule has 0 aliphatic heterocycles. The standard InChI is InChI=1S/C16H30N6O.2ClH/c1-12-19-20-15(22(12)3)10-21(2)11-16(23)18-14(9-17)13-7-5-4-6-8-13;;/h13-14H,4-11,17H2,1-3H3,(H,18,23);2*1H. The second kappa shape index (κ2) is 11.7. The van der Waals surface area contributed by atoms with Gasteiger partial charge in [0.25, 0.3) is 0 Å². The van der Waals surface area contributed by atoms with Crippen molar-refractivity contribution in [2.45, 2.75) is 51.6 Å². The average molecular weight is 395 g/mol. The summed E-state index contributed by atoms with van der Waals surface area (Å²) in [6.07, 6.45) is 6.17. The van der Waals surface area contributed by atoms with Crippen molar-refractivity contribution in [1.82, 2.24) is 25.0 Å². The minimum atomic E-state index is 0. The van der Waals surface area contributed by atoms with Gasteiger partial charge in [-0.2, -0.15) is 0 Å². The molecule has 0 bridgehead atoms. The number of nitrogens with two attached hydrogens (primary N) is 1. The van der Waals surface area contributed by atoms with Crippen LogP contribution in [0.5, 0.6) is 0 Å². The van der Waals surface area contributed by atoms with Gasteiger partial charge in [0.05, 0.1) is 13.1 Å². The predicted octanol–water partition coefficient (Wildman–Crippen LogP) is 1.42. The second-order valence-corrected chi connectivity index (χ2v) is 6.70. The van der Waals surface area contributed by atoms with Crippen molar-refractivity contribution in [2.24, 2.45) is 18.7 Å². The minimum absolute atomic E-state index is 0. The van der Waals surface area contributed by atoms with E-state index in [-0.39, 0.29) is 36.8 Å². The first-order chi connectivity index (χ1) is 11.0. The zero-order valence-corrected chi connectivity index (χ0v) is 17.0. The summed E-state index contributed by atoms with van der Waals surface area (Å²) in [5.41, 5.74) is 5.88. The first-order valence-electron chi connectivity index (χ1n) is 8.54. The lowest BCUT2D eigenvalue weighted by Crippen LogP contribution is -2.48. The van der Waals surface area contributed by atoms with Gasteiger partial charge >= 0.3 is 0 Å². The molecule has 25 heavy (non-hydrogen) atoms. The summed E-state index contributed by atoms with van der Waals surface area (Å²) in [6.45, 7) is 3.37. The zero-order chi connectivity index (χ0) is 16.8. The summed E-state index contributed by atoms with van der Waals surface area (Å²) in [5, 5.41) is 11.3. The smallest absolute Gasteiger partial charge is 0.234 e. The Balaban J connectivity index is 0.00000288. The Bertz CT molecular complexity index is 519. The van der Waals surface area contributed by atoms with Gasteiger partial charge in [-0.1, -0.05) is 19.3 Å². The monoisotopic (exact) mass is 394 g/mol. The molecule has 1 saturated carbocycles. The maximum absolute atomic E-state index is 12.3. The van der Waals surface area contributed by atoms with Crippen molar-refractivity contribution in [1.29, 1.82) is 0 Å². The molecule has 146 valence electrons. The third-order valence-electron chi connectivity index (χ3n) is 4.83. The lowest BCUT2D eigenvalue weighted by Gasteiger charge is -2.30. The van der Waals surface area contributed by atoms with Crippen LogP contribution in [0, 0.1) is 12.8 Å². The molecular weight excluding hydrogens is 363 g/mol. The van der Waals surface area contributed by atoms with Crippen LogP contribution in [-0.2, 0) is 18.4 Å². The van der Waals surface area contributed by atoms with Crippen molar-refractivity contribution in [3.05, 3.63) is 11.6 Å². The number of amides is 1. The number of carbonyl (C=O) groups excluding carboxylic acids is 1. The molecule has 0 saturated heterocycles. The van der Waals surface area contributed by atoms with Crippen LogP contribution in [0.2, 0.25) is 0 Å². The van der Waals surface area contributed by atoms with Gasteiger partial charge in [-0.25, -0.2) is 0 Å². The number of aryl methyl sites for hydroxylation is 1. The number of rotatable bonds is 7. The highest BCUT2D eigenvalue weighted by molar-refractivity contribution is 5.85. The Morgan fingerprint density at radius 3 is 2.48 bits per heavy atom. The van der Waals surface area contributed by atoms with Gasteiger partial charge in [0.2, 0.25) is 5.91 Å². The Morgan fingerprint density at radius 2 is 1.96 bits per heavy atom. The Hall–Kier alpha value is -0.890. The third-order valence-corrected chi connectivity index (χ3v) is 4.83. The number of likely N-dealkylation sites (N-methyl/N-ethyl adjacent to an activating group) is 1. The van der Waals surface area contributed by atoms with Gasteiger partial charge in [-0.3, -0.25) is 9.69 Å². The normalized spacial score (nSPS) is 16.0. The summed E-state index contributed by atoms with van der Waals surface area (Å²) in [4.78, 5) is 14.2. The lowest BCUT2D eigenvalue weighted by atomic mass is 9.84. The number of aromatic nitrogens is 3. The van der Waals surface area contributed by atoms with Crippen molar-refractivity contribution in [3.8, 4) is 0 Å². The second-order valence-electron chi connectivity index (χ2n) is 6.70. The summed E-state index contributed by atoms with van der Waals surface area (Å²) in [7, 11) is 3.85. The van der Waals surface area contributed by atoms with E-state index in [4.69, 9.17) is 5.73 Å². The zero-order valence-electron chi connectivity index (χ0n) is 15.4. The van der Waals surface area contributed by atoms with E-state index in [1.807, 2.05) is 30.5 Å². The molecule has 9 heteroatoms. The quantitative estimate of drug-likeness (QED) is 0.729. The summed E-state index contributed by atoms with van der Waals surface area (Å²) < 4.78 is 1.94. The van der Waals surface area contributed by atoms with Crippen LogP contribution in [0.3, 0.4) is 0 Å². The molecule has 1 aromatic heterocycles. The molecule has 1 atom stereocenters. The summed E-state index contributed by atoms with van der Waals surface area (Å²) in [5.74, 6) is 2.30. The fourth-order valence-electron chi connectivity index (χ4n) is 3.29. The Kier molecular flexibility index (Phi) is 11.3. The highest BCUT2D eigenvalue weighted by atomic mass is 35.5. The van der Waals surface area contributed by atoms with Crippen LogP contribution in [0.15, 0.2) is 0 Å². The fourth-order valence-corrected chi connectivity index (χ4v) is 3.29. The first-order valence-corrected chi connectivity index (χ1v) is 8.54. The van der Waals surface area contributed by atoms with Crippen LogP contribution in [-0.4, -0.2) is 51.8 Å². The molecule has 1 heterocycles. The van der Waals surface area contributed by atoms with Crippen molar-refractivity contribution in [3.63, 3.8) is 0 Å². The number of hydrogen-bond donors (Lipinski definition) is 2. The van der Waals surface area contributed by atoms with Gasteiger partial charge in [-0.05, 0) is 32.7 Å². The fraction of sp³-hybridized carbons (Fsp3) is 0.812. The van der Waals surface area contributed by atoms with Gasteiger partial charge in [0, 0.05) is 19.6 Å². The molecule has 1 fully saturated rings. The molecular formula is C16H32Cl2N6O. The molecule has 1 aromatic rings. The number of nitrogens with zero attached hydrogens (tertiary/aromatic N) is 4. The Morgan fingerprint density at radius 1 is 1.32 bits per heavy atom. The molecule has 0 aromatic carbocycles. The van der Waals surface area contributed by atoms with Crippen LogP contribution < -0.4 is 11.1 Å². The predicted molar refractivity (Wildman–Crippen MR) is 104 cm³/mol. The maximum atomic E-state index is 12.3.